The molecule has 0 aliphatic carbocycles. The summed E-state index contributed by atoms with van der Waals surface area (Å²) in [6.07, 6.45) is 4.30. The summed E-state index contributed by atoms with van der Waals surface area (Å²) in [6.45, 7) is 0.795. The molecule has 5 heteroatoms. The molecule has 126 valence electrons. The van der Waals surface area contributed by atoms with Gasteiger partial charge < -0.3 is 14.8 Å². The average molecular weight is 331 g/mol. The van der Waals surface area contributed by atoms with Gasteiger partial charge in [0.25, 0.3) is 0 Å². The van der Waals surface area contributed by atoms with Gasteiger partial charge in [-0.15, -0.1) is 0 Å². The van der Waals surface area contributed by atoms with Gasteiger partial charge in [-0.2, -0.15) is 0 Å². The van der Waals surface area contributed by atoms with Crippen LogP contribution >= 0.6 is 0 Å². The van der Waals surface area contributed by atoms with E-state index in [0.29, 0.717) is 11.5 Å². The number of nitrogens with one attached hydrogen (secondary N) is 1. The van der Waals surface area contributed by atoms with E-state index in [-0.39, 0.29) is 11.6 Å². The SMILES string of the molecule is COc1cc2c(cc1OC)C(C=Cc1cc(F)ccc1F)NCC2. The molecule has 0 saturated heterocycles. The number of methoxy groups -OCH3 is 2. The van der Waals surface area contributed by atoms with Gasteiger partial charge in [-0.05, 0) is 47.9 Å². The summed E-state index contributed by atoms with van der Waals surface area (Å²) >= 11 is 0. The predicted molar refractivity (Wildman–Crippen MR) is 89.4 cm³/mol. The average Bonchev–Trinajstić information content (AvgIpc) is 2.61. The highest BCUT2D eigenvalue weighted by Gasteiger charge is 2.20. The minimum absolute atomic E-state index is 0.101. The van der Waals surface area contributed by atoms with E-state index in [0.717, 1.165) is 36.2 Å². The lowest BCUT2D eigenvalue weighted by Crippen LogP contribution is -2.28. The van der Waals surface area contributed by atoms with Crippen LogP contribution in [0.4, 0.5) is 8.78 Å². The first-order valence-electron chi connectivity index (χ1n) is 7.74. The first kappa shape index (κ1) is 16.5. The largest absolute Gasteiger partial charge is 0.493 e. The van der Waals surface area contributed by atoms with Gasteiger partial charge in [-0.25, -0.2) is 8.78 Å². The van der Waals surface area contributed by atoms with Crippen molar-refractivity contribution in [1.82, 2.24) is 5.32 Å². The Hall–Kier alpha value is -2.40. The zero-order chi connectivity index (χ0) is 17.1. The molecule has 3 rings (SSSR count). The Morgan fingerprint density at radius 3 is 2.58 bits per heavy atom. The molecule has 0 bridgehead atoms. The fourth-order valence-corrected chi connectivity index (χ4v) is 2.93. The number of benzene rings is 2. The fraction of sp³-hybridized carbons (Fsp3) is 0.263. The van der Waals surface area contributed by atoms with Crippen LogP contribution in [0.5, 0.6) is 11.5 Å². The number of fused-ring (bicyclic) bond motifs is 1. The molecule has 1 unspecified atom stereocenters. The predicted octanol–water partition coefficient (Wildman–Crippen LogP) is 3.88. The molecule has 0 spiro atoms. The number of hydrogen-bond donors (Lipinski definition) is 1. The van der Waals surface area contributed by atoms with Crippen molar-refractivity contribution < 1.29 is 18.3 Å². The van der Waals surface area contributed by atoms with Crippen LogP contribution in [0.2, 0.25) is 0 Å². The van der Waals surface area contributed by atoms with Crippen LogP contribution in [0.15, 0.2) is 36.4 Å². The van der Waals surface area contributed by atoms with E-state index < -0.39 is 11.6 Å². The van der Waals surface area contributed by atoms with Crippen LogP contribution in [0, 0.1) is 11.6 Å². The van der Waals surface area contributed by atoms with E-state index in [4.69, 9.17) is 9.47 Å². The Morgan fingerprint density at radius 2 is 1.83 bits per heavy atom. The molecule has 2 aromatic carbocycles. The lowest BCUT2D eigenvalue weighted by molar-refractivity contribution is 0.353. The highest BCUT2D eigenvalue weighted by molar-refractivity contribution is 5.55. The van der Waals surface area contributed by atoms with E-state index in [9.17, 15) is 8.78 Å². The quantitative estimate of drug-likeness (QED) is 0.922. The molecule has 3 nitrogen and oxygen atoms in total. The zero-order valence-corrected chi connectivity index (χ0v) is 13.6. The molecule has 0 saturated carbocycles. The smallest absolute Gasteiger partial charge is 0.161 e. The third-order valence-electron chi connectivity index (χ3n) is 4.17. The van der Waals surface area contributed by atoms with Crippen molar-refractivity contribution in [1.29, 1.82) is 0 Å². The first-order chi connectivity index (χ1) is 11.6. The molecule has 24 heavy (non-hydrogen) atoms. The summed E-state index contributed by atoms with van der Waals surface area (Å²) in [6, 6.07) is 7.22. The van der Waals surface area contributed by atoms with Gasteiger partial charge in [0.2, 0.25) is 0 Å². The molecule has 1 atom stereocenters. The summed E-state index contributed by atoms with van der Waals surface area (Å²) in [5.41, 5.74) is 2.43. The van der Waals surface area contributed by atoms with E-state index >= 15 is 0 Å². The van der Waals surface area contributed by atoms with Gasteiger partial charge in [0.15, 0.2) is 11.5 Å². The van der Waals surface area contributed by atoms with Crippen molar-refractivity contribution >= 4 is 6.08 Å². The van der Waals surface area contributed by atoms with Gasteiger partial charge in [-0.3, -0.25) is 0 Å². The Bertz CT molecular complexity index is 774. The molecule has 0 amide bonds. The van der Waals surface area contributed by atoms with Crippen LogP contribution in [0.1, 0.15) is 22.7 Å². The van der Waals surface area contributed by atoms with Crippen molar-refractivity contribution in [3.05, 3.63) is 64.7 Å². The standard InChI is InChI=1S/C19H19F2NO2/c1-23-18-10-12-7-8-22-17(15(12)11-19(18)24-2)6-3-13-9-14(20)4-5-16(13)21/h3-6,9-11,17,22H,7-8H2,1-2H3. The molecule has 1 N–H and O–H groups in total. The Labute approximate surface area is 139 Å². The monoisotopic (exact) mass is 331 g/mol. The summed E-state index contributed by atoms with van der Waals surface area (Å²) in [4.78, 5) is 0. The Morgan fingerprint density at radius 1 is 1.08 bits per heavy atom. The second kappa shape index (κ2) is 7.01. The summed E-state index contributed by atoms with van der Waals surface area (Å²) in [5.74, 6) is 0.433. The minimum atomic E-state index is -0.459. The van der Waals surface area contributed by atoms with Crippen LogP contribution < -0.4 is 14.8 Å². The first-order valence-corrected chi connectivity index (χ1v) is 7.74. The number of ether oxygens (including phenoxy) is 2. The third-order valence-corrected chi connectivity index (χ3v) is 4.17. The number of hydrogen-bond acceptors (Lipinski definition) is 3. The molecule has 1 aliphatic heterocycles. The van der Waals surface area contributed by atoms with Crippen molar-refractivity contribution in [2.75, 3.05) is 20.8 Å². The van der Waals surface area contributed by atoms with Gasteiger partial charge in [-0.1, -0.05) is 12.2 Å². The summed E-state index contributed by atoms with van der Waals surface area (Å²) < 4.78 is 37.8. The second-order valence-electron chi connectivity index (χ2n) is 5.61. The zero-order valence-electron chi connectivity index (χ0n) is 13.6. The van der Waals surface area contributed by atoms with Crippen molar-refractivity contribution in [3.8, 4) is 11.5 Å². The molecule has 1 heterocycles. The van der Waals surface area contributed by atoms with E-state index in [1.54, 1.807) is 20.3 Å². The van der Waals surface area contributed by atoms with Gasteiger partial charge >= 0.3 is 0 Å². The van der Waals surface area contributed by atoms with E-state index in [1.807, 2.05) is 18.2 Å². The van der Waals surface area contributed by atoms with Crippen LogP contribution in [0.3, 0.4) is 0 Å². The normalized spacial score (nSPS) is 16.9. The van der Waals surface area contributed by atoms with Crippen LogP contribution in [-0.2, 0) is 6.42 Å². The molecular formula is C19H19F2NO2. The number of rotatable bonds is 4. The lowest BCUT2D eigenvalue weighted by Gasteiger charge is -2.26. The topological polar surface area (TPSA) is 30.5 Å². The lowest BCUT2D eigenvalue weighted by atomic mass is 9.93. The fourth-order valence-electron chi connectivity index (χ4n) is 2.93. The highest BCUT2D eigenvalue weighted by atomic mass is 19.1. The third kappa shape index (κ3) is 3.26. The van der Waals surface area contributed by atoms with Crippen LogP contribution in [-0.4, -0.2) is 20.8 Å². The summed E-state index contributed by atoms with van der Waals surface area (Å²) in [5, 5.41) is 3.37. The molecule has 0 radical (unpaired) electrons. The molecule has 0 aromatic heterocycles. The molecule has 1 aliphatic rings. The Balaban J connectivity index is 1.94. The molecular weight excluding hydrogens is 312 g/mol. The van der Waals surface area contributed by atoms with Crippen molar-refractivity contribution in [2.24, 2.45) is 0 Å². The summed E-state index contributed by atoms with van der Waals surface area (Å²) in [7, 11) is 3.20. The van der Waals surface area contributed by atoms with E-state index in [1.165, 1.54) is 6.07 Å². The maximum absolute atomic E-state index is 13.8. The second-order valence-corrected chi connectivity index (χ2v) is 5.61. The van der Waals surface area contributed by atoms with Crippen LogP contribution in [0.25, 0.3) is 6.08 Å². The van der Waals surface area contributed by atoms with Gasteiger partial charge in [0, 0.05) is 12.1 Å². The maximum Gasteiger partial charge on any atom is 0.161 e. The van der Waals surface area contributed by atoms with Gasteiger partial charge in [0.05, 0.1) is 20.3 Å². The highest BCUT2D eigenvalue weighted by Crippen LogP contribution is 2.35. The molecule has 2 aromatic rings. The van der Waals surface area contributed by atoms with E-state index in [2.05, 4.69) is 5.32 Å². The Kier molecular flexibility index (Phi) is 4.81. The van der Waals surface area contributed by atoms with Crippen molar-refractivity contribution in [3.63, 3.8) is 0 Å². The minimum Gasteiger partial charge on any atom is -0.493 e. The molecule has 0 fully saturated rings. The van der Waals surface area contributed by atoms with Crippen molar-refractivity contribution in [2.45, 2.75) is 12.5 Å². The van der Waals surface area contributed by atoms with Gasteiger partial charge in [0.1, 0.15) is 11.6 Å². The number of halogens is 2. The maximum atomic E-state index is 13.8.